The van der Waals surface area contributed by atoms with E-state index in [1.165, 1.54) is 37.7 Å². The highest BCUT2D eigenvalue weighted by atomic mass is 32.2. The van der Waals surface area contributed by atoms with Crippen LogP contribution in [0.3, 0.4) is 0 Å². The van der Waals surface area contributed by atoms with Crippen molar-refractivity contribution in [3.63, 3.8) is 0 Å². The van der Waals surface area contributed by atoms with E-state index in [1.807, 2.05) is 31.7 Å². The Morgan fingerprint density at radius 1 is 1.26 bits per heavy atom. The van der Waals surface area contributed by atoms with Gasteiger partial charge < -0.3 is 5.32 Å². The monoisotopic (exact) mass is 277 g/mol. The van der Waals surface area contributed by atoms with Crippen LogP contribution in [0.25, 0.3) is 0 Å². The number of rotatable bonds is 4. The number of anilines is 1. The van der Waals surface area contributed by atoms with E-state index in [0.717, 1.165) is 11.3 Å². The van der Waals surface area contributed by atoms with Crippen LogP contribution in [0, 0.1) is 13.8 Å². The molecule has 104 valence electrons. The summed E-state index contributed by atoms with van der Waals surface area (Å²) >= 11 is 1.82. The van der Waals surface area contributed by atoms with Gasteiger partial charge in [-0.2, -0.15) is 0 Å². The molecule has 0 aliphatic heterocycles. The maximum Gasteiger partial charge on any atom is 0.234 e. The zero-order valence-electron chi connectivity index (χ0n) is 11.9. The van der Waals surface area contributed by atoms with Crippen LogP contribution in [0.4, 0.5) is 5.69 Å². The number of carbonyl (C=O) groups is 1. The lowest BCUT2D eigenvalue weighted by molar-refractivity contribution is -0.113. The molecule has 0 aromatic heterocycles. The van der Waals surface area contributed by atoms with Gasteiger partial charge in [0.2, 0.25) is 5.91 Å². The summed E-state index contributed by atoms with van der Waals surface area (Å²) in [6, 6.07) is 6.17. The third-order valence-corrected chi connectivity index (χ3v) is 5.04. The molecule has 1 aliphatic rings. The van der Waals surface area contributed by atoms with Gasteiger partial charge in [-0.15, -0.1) is 11.8 Å². The first kappa shape index (κ1) is 14.4. The Morgan fingerprint density at radius 3 is 2.74 bits per heavy atom. The molecule has 0 atom stereocenters. The number of amides is 1. The fraction of sp³-hybridized carbons (Fsp3) is 0.562. The Kier molecular flexibility index (Phi) is 5.32. The van der Waals surface area contributed by atoms with Crippen LogP contribution in [0.2, 0.25) is 0 Å². The maximum absolute atomic E-state index is 12.0. The van der Waals surface area contributed by atoms with Gasteiger partial charge in [-0.05, 0) is 43.9 Å². The minimum absolute atomic E-state index is 0.129. The molecule has 1 aromatic carbocycles. The van der Waals surface area contributed by atoms with E-state index in [4.69, 9.17) is 0 Å². The average molecular weight is 277 g/mol. The predicted octanol–water partition coefficient (Wildman–Crippen LogP) is 4.31. The Labute approximate surface area is 120 Å². The van der Waals surface area contributed by atoms with Crippen molar-refractivity contribution in [3.05, 3.63) is 29.3 Å². The topological polar surface area (TPSA) is 29.1 Å². The first-order valence-corrected chi connectivity index (χ1v) is 8.19. The van der Waals surface area contributed by atoms with Gasteiger partial charge in [-0.25, -0.2) is 0 Å². The summed E-state index contributed by atoms with van der Waals surface area (Å²) < 4.78 is 0. The molecule has 2 nitrogen and oxygen atoms in total. The van der Waals surface area contributed by atoms with Gasteiger partial charge in [0.25, 0.3) is 0 Å². The molecule has 1 saturated carbocycles. The number of hydrogen-bond donors (Lipinski definition) is 1. The van der Waals surface area contributed by atoms with Gasteiger partial charge in [0, 0.05) is 10.9 Å². The quantitative estimate of drug-likeness (QED) is 0.888. The Bertz CT molecular complexity index is 438. The fourth-order valence-electron chi connectivity index (χ4n) is 2.48. The molecule has 1 aliphatic carbocycles. The van der Waals surface area contributed by atoms with E-state index >= 15 is 0 Å². The highest BCUT2D eigenvalue weighted by Gasteiger charge is 2.15. The first-order valence-electron chi connectivity index (χ1n) is 7.14. The molecule has 0 bridgehead atoms. The minimum Gasteiger partial charge on any atom is -0.325 e. The zero-order valence-corrected chi connectivity index (χ0v) is 12.7. The van der Waals surface area contributed by atoms with Crippen LogP contribution in [0.1, 0.15) is 43.2 Å². The van der Waals surface area contributed by atoms with Crippen molar-refractivity contribution in [2.75, 3.05) is 11.1 Å². The summed E-state index contributed by atoms with van der Waals surface area (Å²) in [5.41, 5.74) is 3.26. The van der Waals surface area contributed by atoms with E-state index in [0.29, 0.717) is 11.0 Å². The van der Waals surface area contributed by atoms with E-state index < -0.39 is 0 Å². The highest BCUT2D eigenvalue weighted by Crippen LogP contribution is 2.28. The maximum atomic E-state index is 12.0. The molecule has 3 heteroatoms. The third kappa shape index (κ3) is 4.57. The van der Waals surface area contributed by atoms with Crippen molar-refractivity contribution < 1.29 is 4.79 Å². The number of hydrogen-bond acceptors (Lipinski definition) is 2. The number of benzene rings is 1. The number of carbonyl (C=O) groups excluding carboxylic acids is 1. The van der Waals surface area contributed by atoms with Crippen molar-refractivity contribution in [2.45, 2.75) is 51.2 Å². The van der Waals surface area contributed by atoms with Gasteiger partial charge in [0.05, 0.1) is 5.75 Å². The molecule has 1 N–H and O–H groups in total. The van der Waals surface area contributed by atoms with E-state index in [-0.39, 0.29) is 5.91 Å². The van der Waals surface area contributed by atoms with Crippen molar-refractivity contribution in [3.8, 4) is 0 Å². The fourth-order valence-corrected chi connectivity index (χ4v) is 3.61. The Hall–Kier alpha value is -0.960. The second-order valence-electron chi connectivity index (χ2n) is 5.44. The lowest BCUT2D eigenvalue weighted by atomic mass is 10.0. The molecule has 1 amide bonds. The van der Waals surface area contributed by atoms with Gasteiger partial charge in [-0.1, -0.05) is 31.4 Å². The average Bonchev–Trinajstić information content (AvgIpc) is 2.42. The number of aryl methyl sites for hydroxylation is 2. The largest absolute Gasteiger partial charge is 0.325 e. The van der Waals surface area contributed by atoms with Crippen LogP contribution in [-0.4, -0.2) is 16.9 Å². The van der Waals surface area contributed by atoms with Gasteiger partial charge in [0.15, 0.2) is 0 Å². The van der Waals surface area contributed by atoms with Gasteiger partial charge >= 0.3 is 0 Å². The Balaban J connectivity index is 1.81. The smallest absolute Gasteiger partial charge is 0.234 e. The zero-order chi connectivity index (χ0) is 13.7. The summed E-state index contributed by atoms with van der Waals surface area (Å²) in [5, 5.41) is 3.72. The van der Waals surface area contributed by atoms with E-state index in [9.17, 15) is 4.79 Å². The SMILES string of the molecule is Cc1ccc(C)c(NC(=O)CSC2CCCCC2)c1. The summed E-state index contributed by atoms with van der Waals surface area (Å²) in [5.74, 6) is 0.710. The standard InChI is InChI=1S/C16H23NOS/c1-12-8-9-13(2)15(10-12)17-16(18)11-19-14-6-4-3-5-7-14/h8-10,14H,3-7,11H2,1-2H3,(H,17,18). The summed E-state index contributed by atoms with van der Waals surface area (Å²) in [6.45, 7) is 4.08. The summed E-state index contributed by atoms with van der Waals surface area (Å²) in [6.07, 6.45) is 6.58. The molecule has 2 rings (SSSR count). The first-order chi connectivity index (χ1) is 9.15. The van der Waals surface area contributed by atoms with Crippen LogP contribution >= 0.6 is 11.8 Å². The predicted molar refractivity (Wildman–Crippen MR) is 83.9 cm³/mol. The second kappa shape index (κ2) is 6.99. The molecular formula is C16H23NOS. The molecule has 1 fully saturated rings. The highest BCUT2D eigenvalue weighted by molar-refractivity contribution is 8.00. The number of thioether (sulfide) groups is 1. The van der Waals surface area contributed by atoms with Crippen molar-refractivity contribution >= 4 is 23.4 Å². The van der Waals surface area contributed by atoms with Crippen LogP contribution < -0.4 is 5.32 Å². The van der Waals surface area contributed by atoms with E-state index in [2.05, 4.69) is 17.4 Å². The third-order valence-electron chi connectivity index (χ3n) is 3.67. The molecule has 0 radical (unpaired) electrons. The van der Waals surface area contributed by atoms with Crippen molar-refractivity contribution in [1.82, 2.24) is 0 Å². The van der Waals surface area contributed by atoms with Crippen molar-refractivity contribution in [1.29, 1.82) is 0 Å². The summed E-state index contributed by atoms with van der Waals surface area (Å²) in [4.78, 5) is 12.0. The molecule has 1 aromatic rings. The van der Waals surface area contributed by atoms with Crippen LogP contribution in [0.15, 0.2) is 18.2 Å². The molecular weight excluding hydrogens is 254 g/mol. The van der Waals surface area contributed by atoms with Gasteiger partial charge in [-0.3, -0.25) is 4.79 Å². The van der Waals surface area contributed by atoms with E-state index in [1.54, 1.807) is 0 Å². The number of nitrogens with one attached hydrogen (secondary N) is 1. The lowest BCUT2D eigenvalue weighted by Gasteiger charge is -2.20. The normalized spacial score (nSPS) is 16.3. The Morgan fingerprint density at radius 2 is 2.00 bits per heavy atom. The second-order valence-corrected chi connectivity index (χ2v) is 6.73. The van der Waals surface area contributed by atoms with Crippen LogP contribution in [0.5, 0.6) is 0 Å². The van der Waals surface area contributed by atoms with Crippen molar-refractivity contribution in [2.24, 2.45) is 0 Å². The molecule has 0 spiro atoms. The molecule has 0 saturated heterocycles. The van der Waals surface area contributed by atoms with Gasteiger partial charge in [0.1, 0.15) is 0 Å². The molecule has 0 unspecified atom stereocenters. The summed E-state index contributed by atoms with van der Waals surface area (Å²) in [7, 11) is 0. The molecule has 19 heavy (non-hydrogen) atoms. The lowest BCUT2D eigenvalue weighted by Crippen LogP contribution is -2.18. The molecule has 0 heterocycles. The van der Waals surface area contributed by atoms with Crippen LogP contribution in [-0.2, 0) is 4.79 Å². The minimum atomic E-state index is 0.129.